The Morgan fingerprint density at radius 1 is 1.10 bits per heavy atom. The fourth-order valence-corrected chi connectivity index (χ4v) is 3.26. The number of nitrogens with one attached hydrogen (secondary N) is 1. The Balaban J connectivity index is 1.70. The van der Waals surface area contributed by atoms with Crippen molar-refractivity contribution in [3.05, 3.63) is 35.9 Å². The van der Waals surface area contributed by atoms with Crippen LogP contribution in [0.3, 0.4) is 0 Å². The van der Waals surface area contributed by atoms with Gasteiger partial charge in [-0.25, -0.2) is 0 Å². The average molecular weight is 291 g/mol. The van der Waals surface area contributed by atoms with Crippen LogP contribution in [0.2, 0.25) is 0 Å². The van der Waals surface area contributed by atoms with Crippen molar-refractivity contribution in [1.82, 2.24) is 5.32 Å². The quantitative estimate of drug-likeness (QED) is 0.724. The van der Waals surface area contributed by atoms with E-state index in [-0.39, 0.29) is 12.1 Å². The van der Waals surface area contributed by atoms with Gasteiger partial charge in [-0.3, -0.25) is 0 Å². The van der Waals surface area contributed by atoms with Crippen LogP contribution in [0.15, 0.2) is 30.3 Å². The predicted molar refractivity (Wildman–Crippen MR) is 86.1 cm³/mol. The number of aliphatic hydroxyl groups excluding tert-OH is 2. The van der Waals surface area contributed by atoms with Crippen molar-refractivity contribution < 1.29 is 10.2 Å². The molecule has 1 fully saturated rings. The van der Waals surface area contributed by atoms with Crippen molar-refractivity contribution in [3.63, 3.8) is 0 Å². The van der Waals surface area contributed by atoms with E-state index in [1.165, 1.54) is 32.1 Å². The lowest BCUT2D eigenvalue weighted by Crippen LogP contribution is -2.35. The molecule has 21 heavy (non-hydrogen) atoms. The second-order valence-corrected chi connectivity index (χ2v) is 6.35. The van der Waals surface area contributed by atoms with E-state index < -0.39 is 6.10 Å². The molecule has 0 saturated heterocycles. The maximum atomic E-state index is 10.3. The molecule has 3 N–H and O–H groups in total. The third kappa shape index (κ3) is 5.10. The first-order valence-electron chi connectivity index (χ1n) is 8.33. The largest absolute Gasteiger partial charge is 0.393 e. The lowest BCUT2D eigenvalue weighted by molar-refractivity contribution is 0.0731. The average Bonchev–Trinajstić information content (AvgIpc) is 2.55. The Labute approximate surface area is 128 Å². The minimum Gasteiger partial charge on any atom is -0.393 e. The van der Waals surface area contributed by atoms with E-state index in [0.717, 1.165) is 18.5 Å². The highest BCUT2D eigenvalue weighted by Crippen LogP contribution is 2.27. The van der Waals surface area contributed by atoms with E-state index in [1.807, 2.05) is 37.3 Å². The number of benzene rings is 1. The Bertz CT molecular complexity index is 389. The predicted octanol–water partition coefficient (Wildman–Crippen LogP) is 3.03. The van der Waals surface area contributed by atoms with Gasteiger partial charge in [0.1, 0.15) is 0 Å². The molecule has 3 heteroatoms. The number of aliphatic hydroxyl groups is 2. The van der Waals surface area contributed by atoms with Gasteiger partial charge in [0.15, 0.2) is 0 Å². The standard InChI is InChI=1S/C18H29NO2/c1-14(18(21)16-10-6-3-7-11-16)19-13-12-17(20)15-8-4-2-5-9-15/h3,6-7,10-11,14-15,17-21H,2,4-5,8-9,12-13H2,1H3. The van der Waals surface area contributed by atoms with Gasteiger partial charge in [-0.15, -0.1) is 0 Å². The summed E-state index contributed by atoms with van der Waals surface area (Å²) in [5, 5.41) is 23.9. The second kappa shape index (κ2) is 8.52. The van der Waals surface area contributed by atoms with Gasteiger partial charge in [0.2, 0.25) is 0 Å². The molecule has 1 aromatic carbocycles. The van der Waals surface area contributed by atoms with E-state index in [0.29, 0.717) is 5.92 Å². The smallest absolute Gasteiger partial charge is 0.0940 e. The van der Waals surface area contributed by atoms with Gasteiger partial charge in [0, 0.05) is 6.04 Å². The molecule has 3 atom stereocenters. The molecule has 0 bridgehead atoms. The first-order valence-corrected chi connectivity index (χ1v) is 8.33. The van der Waals surface area contributed by atoms with E-state index in [9.17, 15) is 10.2 Å². The maximum absolute atomic E-state index is 10.3. The van der Waals surface area contributed by atoms with E-state index in [4.69, 9.17) is 0 Å². The van der Waals surface area contributed by atoms with Gasteiger partial charge in [-0.1, -0.05) is 49.6 Å². The fourth-order valence-electron chi connectivity index (χ4n) is 3.26. The molecule has 1 aliphatic rings. The topological polar surface area (TPSA) is 52.5 Å². The van der Waals surface area contributed by atoms with Gasteiger partial charge >= 0.3 is 0 Å². The maximum Gasteiger partial charge on any atom is 0.0940 e. The van der Waals surface area contributed by atoms with E-state index >= 15 is 0 Å². The van der Waals surface area contributed by atoms with Crippen LogP contribution in [0.1, 0.15) is 57.1 Å². The zero-order valence-electron chi connectivity index (χ0n) is 13.0. The number of hydrogen-bond donors (Lipinski definition) is 3. The van der Waals surface area contributed by atoms with Crippen molar-refractivity contribution in [2.24, 2.45) is 5.92 Å². The lowest BCUT2D eigenvalue weighted by Gasteiger charge is -2.27. The highest BCUT2D eigenvalue weighted by atomic mass is 16.3. The van der Waals surface area contributed by atoms with Crippen LogP contribution in [0.4, 0.5) is 0 Å². The molecule has 118 valence electrons. The van der Waals surface area contributed by atoms with Gasteiger partial charge in [0.05, 0.1) is 12.2 Å². The molecule has 3 unspecified atom stereocenters. The Hall–Kier alpha value is -0.900. The van der Waals surface area contributed by atoms with Crippen LogP contribution < -0.4 is 5.32 Å². The minimum absolute atomic E-state index is 0.00837. The highest BCUT2D eigenvalue weighted by Gasteiger charge is 2.22. The molecule has 0 spiro atoms. The van der Waals surface area contributed by atoms with Gasteiger partial charge in [-0.2, -0.15) is 0 Å². The van der Waals surface area contributed by atoms with E-state index in [1.54, 1.807) is 0 Å². The normalized spacial score (nSPS) is 20.9. The first-order chi connectivity index (χ1) is 10.2. The van der Waals surface area contributed by atoms with Crippen LogP contribution in [-0.4, -0.2) is 28.9 Å². The van der Waals surface area contributed by atoms with Crippen molar-refractivity contribution in [1.29, 1.82) is 0 Å². The van der Waals surface area contributed by atoms with E-state index in [2.05, 4.69) is 5.32 Å². The molecule has 0 aromatic heterocycles. The molecule has 1 aromatic rings. The molecule has 0 radical (unpaired) electrons. The summed E-state index contributed by atoms with van der Waals surface area (Å²) >= 11 is 0. The van der Waals surface area contributed by atoms with Crippen molar-refractivity contribution in [2.75, 3.05) is 6.54 Å². The molecule has 1 saturated carbocycles. The Kier molecular flexibility index (Phi) is 6.68. The van der Waals surface area contributed by atoms with Crippen molar-refractivity contribution in [2.45, 2.75) is 63.7 Å². The highest BCUT2D eigenvalue weighted by molar-refractivity contribution is 5.18. The monoisotopic (exact) mass is 291 g/mol. The number of hydrogen-bond acceptors (Lipinski definition) is 3. The SMILES string of the molecule is CC(NCCC(O)C1CCCCC1)C(O)c1ccccc1. The fraction of sp³-hybridized carbons (Fsp3) is 0.667. The molecule has 0 aliphatic heterocycles. The van der Waals surface area contributed by atoms with Gasteiger partial charge < -0.3 is 15.5 Å². The third-order valence-electron chi connectivity index (χ3n) is 4.72. The van der Waals surface area contributed by atoms with Crippen LogP contribution in [0.5, 0.6) is 0 Å². The minimum atomic E-state index is -0.502. The first kappa shape index (κ1) is 16.5. The van der Waals surface area contributed by atoms with Crippen molar-refractivity contribution in [3.8, 4) is 0 Å². The summed E-state index contributed by atoms with van der Waals surface area (Å²) in [6.07, 6.45) is 6.26. The molecule has 3 nitrogen and oxygen atoms in total. The Morgan fingerprint density at radius 3 is 2.43 bits per heavy atom. The van der Waals surface area contributed by atoms with Crippen LogP contribution in [-0.2, 0) is 0 Å². The summed E-state index contributed by atoms with van der Waals surface area (Å²) in [5.41, 5.74) is 0.935. The van der Waals surface area contributed by atoms with Crippen LogP contribution in [0, 0.1) is 5.92 Å². The second-order valence-electron chi connectivity index (χ2n) is 6.35. The summed E-state index contributed by atoms with van der Waals surface area (Å²) in [7, 11) is 0. The van der Waals surface area contributed by atoms with Gasteiger partial charge in [-0.05, 0) is 44.2 Å². The molecular formula is C18H29NO2. The van der Waals surface area contributed by atoms with Crippen LogP contribution >= 0.6 is 0 Å². The molecule has 0 amide bonds. The number of rotatable bonds is 7. The summed E-state index contributed by atoms with van der Waals surface area (Å²) < 4.78 is 0. The molecule has 1 aliphatic carbocycles. The Morgan fingerprint density at radius 2 is 1.76 bits per heavy atom. The van der Waals surface area contributed by atoms with Gasteiger partial charge in [0.25, 0.3) is 0 Å². The molecular weight excluding hydrogens is 262 g/mol. The molecule has 0 heterocycles. The summed E-state index contributed by atoms with van der Waals surface area (Å²) in [6, 6.07) is 9.72. The summed E-state index contributed by atoms with van der Waals surface area (Å²) in [4.78, 5) is 0. The summed E-state index contributed by atoms with van der Waals surface area (Å²) in [5.74, 6) is 0.481. The van der Waals surface area contributed by atoms with Crippen molar-refractivity contribution >= 4 is 0 Å². The molecule has 2 rings (SSSR count). The lowest BCUT2D eigenvalue weighted by atomic mass is 9.84. The summed E-state index contributed by atoms with van der Waals surface area (Å²) in [6.45, 7) is 2.74. The zero-order valence-corrected chi connectivity index (χ0v) is 13.0. The zero-order chi connectivity index (χ0) is 15.1. The third-order valence-corrected chi connectivity index (χ3v) is 4.72. The van der Waals surface area contributed by atoms with Crippen LogP contribution in [0.25, 0.3) is 0 Å².